The Morgan fingerprint density at radius 2 is 1.88 bits per heavy atom. The Hall–Kier alpha value is -3.47. The summed E-state index contributed by atoms with van der Waals surface area (Å²) in [5.74, 6) is -0.142. The molecule has 26 heavy (non-hydrogen) atoms. The van der Waals surface area contributed by atoms with Crippen LogP contribution in [0.5, 0.6) is 0 Å². The first-order valence-corrected chi connectivity index (χ1v) is 8.39. The van der Waals surface area contributed by atoms with E-state index in [4.69, 9.17) is 5.10 Å². The Bertz CT molecular complexity index is 912. The summed E-state index contributed by atoms with van der Waals surface area (Å²) in [7, 11) is 0. The van der Waals surface area contributed by atoms with Gasteiger partial charge in [-0.3, -0.25) is 9.78 Å². The molecule has 3 rings (SSSR count). The number of rotatable bonds is 6. The fraction of sp³-hybridized carbons (Fsp3) is 0.0952. The van der Waals surface area contributed by atoms with Gasteiger partial charge < -0.3 is 5.32 Å². The van der Waals surface area contributed by atoms with E-state index in [1.165, 1.54) is 6.08 Å². The molecule has 130 valence electrons. The second kappa shape index (κ2) is 8.58. The number of pyridine rings is 1. The van der Waals surface area contributed by atoms with Crippen molar-refractivity contribution in [3.63, 3.8) is 0 Å². The van der Waals surface area contributed by atoms with E-state index >= 15 is 0 Å². The highest BCUT2D eigenvalue weighted by molar-refractivity contribution is 5.87. The number of carbonyl (C=O) groups excluding carboxylic acids is 1. The number of benzene rings is 1. The van der Waals surface area contributed by atoms with Crippen molar-refractivity contribution in [2.75, 3.05) is 0 Å². The van der Waals surface area contributed by atoms with Gasteiger partial charge >= 0.3 is 0 Å². The fourth-order valence-corrected chi connectivity index (χ4v) is 2.50. The molecule has 0 radical (unpaired) electrons. The van der Waals surface area contributed by atoms with Gasteiger partial charge in [0.05, 0.1) is 11.4 Å². The molecular weight excluding hydrogens is 324 g/mol. The van der Waals surface area contributed by atoms with Gasteiger partial charge in [0, 0.05) is 42.3 Å². The molecule has 1 aromatic carbocycles. The van der Waals surface area contributed by atoms with E-state index in [-0.39, 0.29) is 5.91 Å². The van der Waals surface area contributed by atoms with Crippen LogP contribution in [0.3, 0.4) is 0 Å². The molecule has 2 heterocycles. The minimum atomic E-state index is -0.142. The average molecular weight is 344 g/mol. The molecule has 0 aliphatic carbocycles. The zero-order valence-corrected chi connectivity index (χ0v) is 14.5. The Kier molecular flexibility index (Phi) is 5.72. The molecular formula is C21H20N4O. The maximum atomic E-state index is 11.9. The molecule has 0 saturated heterocycles. The lowest BCUT2D eigenvalue weighted by Crippen LogP contribution is -2.20. The van der Waals surface area contributed by atoms with Crippen LogP contribution < -0.4 is 5.32 Å². The standard InChI is InChI=1S/C21H20N4O/c1-2-3-5-10-20(26)23-15-18-16-25(19-8-6-4-7-9-19)24-21(18)17-11-13-22-14-12-17/h2-14,16H,15H2,1H3,(H,23,26). The van der Waals surface area contributed by atoms with Gasteiger partial charge in [-0.15, -0.1) is 0 Å². The molecule has 3 aromatic rings. The molecule has 0 spiro atoms. The van der Waals surface area contributed by atoms with Crippen LogP contribution in [0.15, 0.2) is 85.4 Å². The van der Waals surface area contributed by atoms with Crippen LogP contribution in [0.1, 0.15) is 12.5 Å². The fourth-order valence-electron chi connectivity index (χ4n) is 2.50. The molecule has 0 saturated carbocycles. The van der Waals surface area contributed by atoms with Crippen molar-refractivity contribution in [1.29, 1.82) is 0 Å². The predicted molar refractivity (Wildman–Crippen MR) is 103 cm³/mol. The molecule has 1 amide bonds. The molecule has 0 aliphatic heterocycles. The van der Waals surface area contributed by atoms with Gasteiger partial charge in [0.2, 0.25) is 5.91 Å². The highest BCUT2D eigenvalue weighted by Gasteiger charge is 2.12. The topological polar surface area (TPSA) is 59.8 Å². The largest absolute Gasteiger partial charge is 0.348 e. The van der Waals surface area contributed by atoms with Crippen molar-refractivity contribution in [1.82, 2.24) is 20.1 Å². The van der Waals surface area contributed by atoms with E-state index < -0.39 is 0 Å². The summed E-state index contributed by atoms with van der Waals surface area (Å²) in [6.45, 7) is 2.30. The number of hydrogen-bond donors (Lipinski definition) is 1. The lowest BCUT2D eigenvalue weighted by Gasteiger charge is -2.03. The summed E-state index contributed by atoms with van der Waals surface area (Å²) in [4.78, 5) is 16.0. The van der Waals surface area contributed by atoms with E-state index in [1.807, 2.05) is 72.4 Å². The molecule has 2 aromatic heterocycles. The van der Waals surface area contributed by atoms with Crippen molar-refractivity contribution in [3.05, 3.63) is 90.9 Å². The van der Waals surface area contributed by atoms with E-state index in [9.17, 15) is 4.79 Å². The second-order valence-corrected chi connectivity index (χ2v) is 5.62. The number of para-hydroxylation sites is 1. The van der Waals surface area contributed by atoms with Gasteiger partial charge in [-0.05, 0) is 31.2 Å². The first kappa shape index (κ1) is 17.4. The SMILES string of the molecule is CC=CC=CC(=O)NCc1cn(-c2ccccc2)nc1-c1ccncc1. The zero-order chi connectivity index (χ0) is 18.2. The number of nitrogens with one attached hydrogen (secondary N) is 1. The zero-order valence-electron chi connectivity index (χ0n) is 14.5. The van der Waals surface area contributed by atoms with E-state index in [0.717, 1.165) is 22.5 Å². The summed E-state index contributed by atoms with van der Waals surface area (Å²) >= 11 is 0. The Morgan fingerprint density at radius 1 is 1.12 bits per heavy atom. The summed E-state index contributed by atoms with van der Waals surface area (Å²) in [5, 5.41) is 7.62. The highest BCUT2D eigenvalue weighted by Crippen LogP contribution is 2.23. The van der Waals surface area contributed by atoms with Gasteiger partial charge in [-0.25, -0.2) is 4.68 Å². The maximum Gasteiger partial charge on any atom is 0.244 e. The molecule has 0 bridgehead atoms. The summed E-state index contributed by atoms with van der Waals surface area (Å²) < 4.78 is 1.83. The lowest BCUT2D eigenvalue weighted by molar-refractivity contribution is -0.116. The summed E-state index contributed by atoms with van der Waals surface area (Å²) in [5.41, 5.74) is 3.69. The highest BCUT2D eigenvalue weighted by atomic mass is 16.1. The van der Waals surface area contributed by atoms with Gasteiger partial charge in [0.15, 0.2) is 0 Å². The van der Waals surface area contributed by atoms with Gasteiger partial charge in [0.25, 0.3) is 0 Å². The van der Waals surface area contributed by atoms with Gasteiger partial charge in [-0.1, -0.05) is 36.4 Å². The minimum absolute atomic E-state index is 0.142. The van der Waals surface area contributed by atoms with E-state index in [1.54, 1.807) is 18.5 Å². The van der Waals surface area contributed by atoms with Crippen LogP contribution in [0.2, 0.25) is 0 Å². The first-order valence-electron chi connectivity index (χ1n) is 8.39. The molecule has 5 nitrogen and oxygen atoms in total. The maximum absolute atomic E-state index is 11.9. The van der Waals surface area contributed by atoms with Crippen molar-refractivity contribution >= 4 is 5.91 Å². The summed E-state index contributed by atoms with van der Waals surface area (Å²) in [6.07, 6.45) is 12.3. The van der Waals surface area contributed by atoms with Crippen LogP contribution in [0, 0.1) is 0 Å². The normalized spacial score (nSPS) is 11.3. The quantitative estimate of drug-likeness (QED) is 0.548. The third-order valence-electron chi connectivity index (χ3n) is 3.77. The number of carbonyl (C=O) groups is 1. The molecule has 0 atom stereocenters. The van der Waals surface area contributed by atoms with Crippen LogP contribution in [-0.2, 0) is 11.3 Å². The van der Waals surface area contributed by atoms with Crippen molar-refractivity contribution < 1.29 is 4.79 Å². The number of amides is 1. The Morgan fingerprint density at radius 3 is 2.62 bits per heavy atom. The summed E-state index contributed by atoms with van der Waals surface area (Å²) in [6, 6.07) is 13.7. The third kappa shape index (κ3) is 4.33. The molecule has 5 heteroatoms. The number of allylic oxidation sites excluding steroid dienone is 3. The van der Waals surface area contributed by atoms with Crippen molar-refractivity contribution in [2.45, 2.75) is 13.5 Å². The lowest BCUT2D eigenvalue weighted by atomic mass is 10.1. The van der Waals surface area contributed by atoms with E-state index in [2.05, 4.69) is 10.3 Å². The minimum Gasteiger partial charge on any atom is -0.348 e. The molecule has 0 unspecified atom stereocenters. The molecule has 0 fully saturated rings. The van der Waals surface area contributed by atoms with Gasteiger partial charge in [-0.2, -0.15) is 5.10 Å². The number of aromatic nitrogens is 3. The number of hydrogen-bond acceptors (Lipinski definition) is 3. The van der Waals surface area contributed by atoms with Crippen LogP contribution in [-0.4, -0.2) is 20.7 Å². The first-order chi connectivity index (χ1) is 12.8. The Labute approximate surface area is 152 Å². The second-order valence-electron chi connectivity index (χ2n) is 5.62. The smallest absolute Gasteiger partial charge is 0.244 e. The number of nitrogens with zero attached hydrogens (tertiary/aromatic N) is 3. The monoisotopic (exact) mass is 344 g/mol. The van der Waals surface area contributed by atoms with Crippen LogP contribution >= 0.6 is 0 Å². The van der Waals surface area contributed by atoms with E-state index in [0.29, 0.717) is 6.54 Å². The molecule has 0 aliphatic rings. The van der Waals surface area contributed by atoms with Crippen molar-refractivity contribution in [2.24, 2.45) is 0 Å². The van der Waals surface area contributed by atoms with Crippen LogP contribution in [0.4, 0.5) is 0 Å². The van der Waals surface area contributed by atoms with Crippen molar-refractivity contribution in [3.8, 4) is 16.9 Å². The molecule has 1 N–H and O–H groups in total. The van der Waals surface area contributed by atoms with Gasteiger partial charge in [0.1, 0.15) is 0 Å². The third-order valence-corrected chi connectivity index (χ3v) is 3.77. The predicted octanol–water partition coefficient (Wildman–Crippen LogP) is 3.68. The van der Waals surface area contributed by atoms with Crippen LogP contribution in [0.25, 0.3) is 16.9 Å². The Balaban J connectivity index is 1.87. The average Bonchev–Trinajstić information content (AvgIpc) is 3.12.